The van der Waals surface area contributed by atoms with Gasteiger partial charge in [0.05, 0.1) is 0 Å². The highest BCUT2D eigenvalue weighted by molar-refractivity contribution is 4.92. The third-order valence-corrected chi connectivity index (χ3v) is 5.79. The first-order valence-electron chi connectivity index (χ1n) is 9.09. The topological polar surface area (TPSA) is 15.3 Å². The molecule has 2 heteroatoms. The monoisotopic (exact) mass is 280 g/mol. The molecule has 0 aromatic heterocycles. The molecule has 0 radical (unpaired) electrons. The summed E-state index contributed by atoms with van der Waals surface area (Å²) in [6.45, 7) is 13.3. The summed E-state index contributed by atoms with van der Waals surface area (Å²) in [5, 5.41) is 3.78. The summed E-state index contributed by atoms with van der Waals surface area (Å²) in [5.74, 6) is 2.73. The average Bonchev–Trinajstić information content (AvgIpc) is 2.64. The molecule has 1 heterocycles. The van der Waals surface area contributed by atoms with Crippen LogP contribution in [0.25, 0.3) is 0 Å². The predicted octanol–water partition coefficient (Wildman–Crippen LogP) is 3.91. The first-order valence-corrected chi connectivity index (χ1v) is 9.09. The van der Waals surface area contributed by atoms with Crippen molar-refractivity contribution >= 4 is 0 Å². The van der Waals surface area contributed by atoms with Gasteiger partial charge in [0, 0.05) is 12.1 Å². The standard InChI is InChI=1S/C18H36N2/c1-5-19-17-9-8-16(14(2)3)13-18(17)20-11-6-7-15(4)10-12-20/h14-19H,5-13H2,1-4H3. The van der Waals surface area contributed by atoms with E-state index >= 15 is 0 Å². The lowest BCUT2D eigenvalue weighted by Gasteiger charge is -2.44. The van der Waals surface area contributed by atoms with Gasteiger partial charge in [-0.2, -0.15) is 0 Å². The molecule has 4 unspecified atom stereocenters. The quantitative estimate of drug-likeness (QED) is 0.840. The molecule has 1 saturated heterocycles. The van der Waals surface area contributed by atoms with Gasteiger partial charge in [-0.25, -0.2) is 0 Å². The molecule has 1 aliphatic heterocycles. The molecule has 0 bridgehead atoms. The van der Waals surface area contributed by atoms with Gasteiger partial charge in [-0.1, -0.05) is 27.7 Å². The fourth-order valence-electron chi connectivity index (χ4n) is 4.30. The Kier molecular flexibility index (Phi) is 6.35. The van der Waals surface area contributed by atoms with Gasteiger partial charge < -0.3 is 5.32 Å². The van der Waals surface area contributed by atoms with E-state index in [1.807, 2.05) is 0 Å². The van der Waals surface area contributed by atoms with E-state index in [1.54, 1.807) is 0 Å². The summed E-state index contributed by atoms with van der Waals surface area (Å²) in [5.41, 5.74) is 0. The number of nitrogens with zero attached hydrogens (tertiary/aromatic N) is 1. The molecule has 0 amide bonds. The lowest BCUT2D eigenvalue weighted by Crippen LogP contribution is -2.54. The molecule has 2 aliphatic rings. The van der Waals surface area contributed by atoms with Crippen LogP contribution in [0.4, 0.5) is 0 Å². The highest BCUT2D eigenvalue weighted by Crippen LogP contribution is 2.34. The maximum atomic E-state index is 3.78. The molecule has 1 saturated carbocycles. The van der Waals surface area contributed by atoms with Crippen LogP contribution in [0.15, 0.2) is 0 Å². The van der Waals surface area contributed by atoms with Gasteiger partial charge >= 0.3 is 0 Å². The minimum absolute atomic E-state index is 0.739. The molecule has 0 spiro atoms. The lowest BCUT2D eigenvalue weighted by atomic mass is 9.76. The molecule has 118 valence electrons. The van der Waals surface area contributed by atoms with Crippen LogP contribution >= 0.6 is 0 Å². The van der Waals surface area contributed by atoms with E-state index in [4.69, 9.17) is 0 Å². The maximum absolute atomic E-state index is 3.78. The normalized spacial score (nSPS) is 37.0. The number of hydrogen-bond acceptors (Lipinski definition) is 2. The predicted molar refractivity (Wildman–Crippen MR) is 88.0 cm³/mol. The first kappa shape index (κ1) is 16.3. The van der Waals surface area contributed by atoms with E-state index in [0.717, 1.165) is 36.4 Å². The highest BCUT2D eigenvalue weighted by Gasteiger charge is 2.35. The second-order valence-corrected chi connectivity index (χ2v) is 7.62. The van der Waals surface area contributed by atoms with Crippen molar-refractivity contribution in [2.75, 3.05) is 19.6 Å². The van der Waals surface area contributed by atoms with Crippen molar-refractivity contribution in [3.63, 3.8) is 0 Å². The lowest BCUT2D eigenvalue weighted by molar-refractivity contribution is 0.0853. The van der Waals surface area contributed by atoms with Gasteiger partial charge in [0.1, 0.15) is 0 Å². The third-order valence-electron chi connectivity index (χ3n) is 5.79. The number of hydrogen-bond donors (Lipinski definition) is 1. The molecule has 2 nitrogen and oxygen atoms in total. The van der Waals surface area contributed by atoms with Gasteiger partial charge in [0.2, 0.25) is 0 Å². The van der Waals surface area contributed by atoms with Gasteiger partial charge in [-0.05, 0) is 75.9 Å². The summed E-state index contributed by atoms with van der Waals surface area (Å²) >= 11 is 0. The molecule has 2 rings (SSSR count). The largest absolute Gasteiger partial charge is 0.313 e. The van der Waals surface area contributed by atoms with Crippen molar-refractivity contribution in [1.29, 1.82) is 0 Å². The van der Waals surface area contributed by atoms with Crippen LogP contribution in [0.1, 0.15) is 66.2 Å². The highest BCUT2D eigenvalue weighted by atomic mass is 15.2. The second-order valence-electron chi connectivity index (χ2n) is 7.62. The van der Waals surface area contributed by atoms with Crippen molar-refractivity contribution in [2.24, 2.45) is 17.8 Å². The first-order chi connectivity index (χ1) is 9.61. The Labute approximate surface area is 126 Å². The van der Waals surface area contributed by atoms with Crippen LogP contribution in [-0.2, 0) is 0 Å². The van der Waals surface area contributed by atoms with Crippen LogP contribution in [0.5, 0.6) is 0 Å². The zero-order valence-corrected chi connectivity index (χ0v) is 14.2. The van der Waals surface area contributed by atoms with Crippen molar-refractivity contribution in [3.05, 3.63) is 0 Å². The van der Waals surface area contributed by atoms with E-state index in [1.165, 1.54) is 51.6 Å². The fourth-order valence-corrected chi connectivity index (χ4v) is 4.30. The van der Waals surface area contributed by atoms with Crippen molar-refractivity contribution in [3.8, 4) is 0 Å². The number of likely N-dealkylation sites (N-methyl/N-ethyl adjacent to an activating group) is 1. The Morgan fingerprint density at radius 2 is 1.90 bits per heavy atom. The minimum atomic E-state index is 0.739. The molecule has 0 aromatic carbocycles. The van der Waals surface area contributed by atoms with Gasteiger partial charge in [0.25, 0.3) is 0 Å². The fraction of sp³-hybridized carbons (Fsp3) is 1.00. The summed E-state index contributed by atoms with van der Waals surface area (Å²) in [6.07, 6.45) is 8.47. The smallest absolute Gasteiger partial charge is 0.0252 e. The van der Waals surface area contributed by atoms with Crippen LogP contribution in [0.3, 0.4) is 0 Å². The number of rotatable bonds is 4. The Morgan fingerprint density at radius 3 is 2.60 bits per heavy atom. The Hall–Kier alpha value is -0.0800. The zero-order chi connectivity index (χ0) is 14.5. The van der Waals surface area contributed by atoms with Gasteiger partial charge in [0.15, 0.2) is 0 Å². The molecule has 1 N–H and O–H groups in total. The Balaban J connectivity index is 2.01. The molecule has 0 aromatic rings. The van der Waals surface area contributed by atoms with Crippen molar-refractivity contribution in [2.45, 2.75) is 78.3 Å². The van der Waals surface area contributed by atoms with Crippen LogP contribution in [0.2, 0.25) is 0 Å². The van der Waals surface area contributed by atoms with E-state index in [-0.39, 0.29) is 0 Å². The van der Waals surface area contributed by atoms with Crippen LogP contribution in [-0.4, -0.2) is 36.6 Å². The van der Waals surface area contributed by atoms with E-state index in [2.05, 4.69) is 37.9 Å². The average molecular weight is 280 g/mol. The SMILES string of the molecule is CCNC1CCC(C(C)C)CC1N1CCCC(C)CC1. The van der Waals surface area contributed by atoms with Crippen molar-refractivity contribution in [1.82, 2.24) is 10.2 Å². The summed E-state index contributed by atoms with van der Waals surface area (Å²) in [7, 11) is 0. The minimum Gasteiger partial charge on any atom is -0.313 e. The summed E-state index contributed by atoms with van der Waals surface area (Å²) in [6, 6.07) is 1.53. The van der Waals surface area contributed by atoms with Gasteiger partial charge in [-0.3, -0.25) is 4.90 Å². The van der Waals surface area contributed by atoms with Gasteiger partial charge in [-0.15, -0.1) is 0 Å². The van der Waals surface area contributed by atoms with Crippen LogP contribution in [0, 0.1) is 17.8 Å². The van der Waals surface area contributed by atoms with Crippen LogP contribution < -0.4 is 5.32 Å². The molecule has 2 fully saturated rings. The number of nitrogens with one attached hydrogen (secondary N) is 1. The second kappa shape index (κ2) is 7.79. The molecular weight excluding hydrogens is 244 g/mol. The molecular formula is C18H36N2. The van der Waals surface area contributed by atoms with E-state index in [9.17, 15) is 0 Å². The summed E-state index contributed by atoms with van der Waals surface area (Å²) < 4.78 is 0. The van der Waals surface area contributed by atoms with Crippen molar-refractivity contribution < 1.29 is 0 Å². The third kappa shape index (κ3) is 4.21. The number of likely N-dealkylation sites (tertiary alicyclic amines) is 1. The molecule has 4 atom stereocenters. The molecule has 1 aliphatic carbocycles. The van der Waals surface area contributed by atoms with E-state index in [0.29, 0.717) is 0 Å². The Bertz CT molecular complexity index is 277. The summed E-state index contributed by atoms with van der Waals surface area (Å²) in [4.78, 5) is 2.84. The molecule has 20 heavy (non-hydrogen) atoms. The Morgan fingerprint density at radius 1 is 1.10 bits per heavy atom. The maximum Gasteiger partial charge on any atom is 0.0252 e. The van der Waals surface area contributed by atoms with E-state index < -0.39 is 0 Å². The zero-order valence-electron chi connectivity index (χ0n) is 14.2.